The molecule has 8 nitrogen and oxygen atoms in total. The maximum atomic E-state index is 11.3. The number of hydrogen-bond acceptors (Lipinski definition) is 3. The monoisotopic (exact) mass is 288 g/mol. The van der Waals surface area contributed by atoms with Gasteiger partial charge in [0.15, 0.2) is 0 Å². The summed E-state index contributed by atoms with van der Waals surface area (Å²) in [5, 5.41) is 16.5. The fraction of sp³-hybridized carbons (Fsp3) is 0.750. The predicted molar refractivity (Wildman–Crippen MR) is 74.5 cm³/mol. The number of carbonyl (C=O) groups excluding carboxylic acids is 2. The lowest BCUT2D eigenvalue weighted by atomic mass is 10.1. The smallest absolute Gasteiger partial charge is 0.316 e. The van der Waals surface area contributed by atoms with Gasteiger partial charge in [0, 0.05) is 33.7 Å². The Kier molecular flexibility index (Phi) is 8.89. The van der Waals surface area contributed by atoms with E-state index in [4.69, 9.17) is 5.11 Å². The van der Waals surface area contributed by atoms with Crippen LogP contribution in [-0.4, -0.2) is 61.8 Å². The summed E-state index contributed by atoms with van der Waals surface area (Å²) in [6.07, 6.45) is 1.13. The normalized spacial score (nSPS) is 11.3. The molecule has 0 fully saturated rings. The van der Waals surface area contributed by atoms with E-state index < -0.39 is 11.9 Å². The average molecular weight is 288 g/mol. The van der Waals surface area contributed by atoms with E-state index in [1.165, 1.54) is 4.90 Å². The van der Waals surface area contributed by atoms with E-state index in [0.717, 1.165) is 0 Å². The van der Waals surface area contributed by atoms with E-state index in [-0.39, 0.29) is 12.1 Å². The van der Waals surface area contributed by atoms with Crippen molar-refractivity contribution >= 4 is 18.0 Å². The van der Waals surface area contributed by atoms with Gasteiger partial charge in [-0.2, -0.15) is 0 Å². The Morgan fingerprint density at radius 2 is 1.60 bits per heavy atom. The molecule has 0 spiro atoms. The molecule has 0 saturated heterocycles. The summed E-state index contributed by atoms with van der Waals surface area (Å²) in [5.41, 5.74) is 0. The fourth-order valence-electron chi connectivity index (χ4n) is 1.30. The molecular formula is C12H24N4O4. The number of hydrogen-bond donors (Lipinski definition) is 4. The van der Waals surface area contributed by atoms with Gasteiger partial charge in [0.25, 0.3) is 0 Å². The van der Waals surface area contributed by atoms with Gasteiger partial charge in [0.1, 0.15) is 0 Å². The third kappa shape index (κ3) is 9.01. The van der Waals surface area contributed by atoms with E-state index in [9.17, 15) is 14.4 Å². The zero-order valence-electron chi connectivity index (χ0n) is 12.2. The number of carboxylic acid groups (broad SMARTS) is 1. The third-order valence-electron chi connectivity index (χ3n) is 2.61. The van der Waals surface area contributed by atoms with Crippen LogP contribution in [0, 0.1) is 5.92 Å². The van der Waals surface area contributed by atoms with E-state index in [0.29, 0.717) is 32.5 Å². The van der Waals surface area contributed by atoms with Crippen molar-refractivity contribution in [3.63, 3.8) is 0 Å². The van der Waals surface area contributed by atoms with Gasteiger partial charge in [-0.3, -0.25) is 4.79 Å². The minimum atomic E-state index is -0.828. The number of carboxylic acids is 1. The molecule has 0 radical (unpaired) electrons. The topological polar surface area (TPSA) is 111 Å². The standard InChI is InChI=1S/C12H24N4O4/c1-9(10(17)18)5-4-6-13-11(19)14-7-8-15-12(20)16(2)3/h9H,4-8H2,1-3H3,(H,15,20)(H,17,18)(H2,13,14,19). The first-order valence-corrected chi connectivity index (χ1v) is 6.54. The van der Waals surface area contributed by atoms with Gasteiger partial charge in [-0.1, -0.05) is 6.92 Å². The van der Waals surface area contributed by atoms with Crippen LogP contribution in [0.25, 0.3) is 0 Å². The first kappa shape index (κ1) is 18.0. The van der Waals surface area contributed by atoms with Crippen molar-refractivity contribution in [2.75, 3.05) is 33.7 Å². The molecule has 1 unspecified atom stereocenters. The van der Waals surface area contributed by atoms with E-state index in [1.54, 1.807) is 21.0 Å². The summed E-state index contributed by atoms with van der Waals surface area (Å²) in [7, 11) is 3.27. The highest BCUT2D eigenvalue weighted by Crippen LogP contribution is 2.03. The van der Waals surface area contributed by atoms with Crippen LogP contribution < -0.4 is 16.0 Å². The molecule has 0 aliphatic heterocycles. The molecule has 0 aromatic rings. The van der Waals surface area contributed by atoms with Crippen molar-refractivity contribution in [3.8, 4) is 0 Å². The summed E-state index contributed by atoms with van der Waals surface area (Å²) in [6, 6.07) is -0.540. The first-order valence-electron chi connectivity index (χ1n) is 6.54. The van der Waals surface area contributed by atoms with Crippen LogP contribution in [0.1, 0.15) is 19.8 Å². The van der Waals surface area contributed by atoms with Crippen LogP contribution in [0.5, 0.6) is 0 Å². The van der Waals surface area contributed by atoms with Gasteiger partial charge in [-0.05, 0) is 12.8 Å². The lowest BCUT2D eigenvalue weighted by molar-refractivity contribution is -0.141. The third-order valence-corrected chi connectivity index (χ3v) is 2.61. The van der Waals surface area contributed by atoms with Crippen molar-refractivity contribution in [1.29, 1.82) is 0 Å². The Morgan fingerprint density at radius 3 is 2.15 bits per heavy atom. The van der Waals surface area contributed by atoms with Gasteiger partial charge in [0.2, 0.25) is 0 Å². The highest BCUT2D eigenvalue weighted by molar-refractivity contribution is 5.74. The van der Waals surface area contributed by atoms with Gasteiger partial charge in [-0.15, -0.1) is 0 Å². The van der Waals surface area contributed by atoms with Crippen molar-refractivity contribution in [1.82, 2.24) is 20.9 Å². The molecule has 116 valence electrons. The van der Waals surface area contributed by atoms with E-state index in [1.807, 2.05) is 0 Å². The fourth-order valence-corrected chi connectivity index (χ4v) is 1.30. The summed E-state index contributed by atoms with van der Waals surface area (Å²) in [6.45, 7) is 2.74. The lowest BCUT2D eigenvalue weighted by Crippen LogP contribution is -2.42. The Labute approximate surface area is 118 Å². The highest BCUT2D eigenvalue weighted by Gasteiger charge is 2.10. The molecule has 4 amide bonds. The second kappa shape index (κ2) is 9.88. The molecule has 0 aliphatic rings. The van der Waals surface area contributed by atoms with Crippen LogP contribution in [0.15, 0.2) is 0 Å². The zero-order chi connectivity index (χ0) is 15.5. The van der Waals surface area contributed by atoms with Crippen molar-refractivity contribution in [2.24, 2.45) is 5.92 Å². The number of aliphatic carboxylic acids is 1. The zero-order valence-corrected chi connectivity index (χ0v) is 12.2. The van der Waals surface area contributed by atoms with Crippen LogP contribution >= 0.6 is 0 Å². The molecular weight excluding hydrogens is 264 g/mol. The predicted octanol–water partition coefficient (Wildman–Crippen LogP) is 0.0577. The van der Waals surface area contributed by atoms with Gasteiger partial charge >= 0.3 is 18.0 Å². The average Bonchev–Trinajstić information content (AvgIpc) is 2.38. The minimum absolute atomic E-state index is 0.213. The SMILES string of the molecule is CC(CCCNC(=O)NCCNC(=O)N(C)C)C(=O)O. The second-order valence-electron chi connectivity index (χ2n) is 4.69. The van der Waals surface area contributed by atoms with Crippen molar-refractivity contribution < 1.29 is 19.5 Å². The number of rotatable bonds is 8. The Hall–Kier alpha value is -1.99. The molecule has 0 rings (SSSR count). The molecule has 0 saturated carbocycles. The summed E-state index contributed by atoms with van der Waals surface area (Å²) in [5.74, 6) is -1.23. The number of carbonyl (C=O) groups is 3. The molecule has 1 atom stereocenters. The van der Waals surface area contributed by atoms with E-state index >= 15 is 0 Å². The molecule has 8 heteroatoms. The Balaban J connectivity index is 3.51. The Bertz CT molecular complexity index is 333. The molecule has 0 aliphatic carbocycles. The van der Waals surface area contributed by atoms with E-state index in [2.05, 4.69) is 16.0 Å². The molecule has 20 heavy (non-hydrogen) atoms. The van der Waals surface area contributed by atoms with Gasteiger partial charge < -0.3 is 26.0 Å². The molecule has 0 aromatic heterocycles. The van der Waals surface area contributed by atoms with Crippen LogP contribution in [0.3, 0.4) is 0 Å². The number of amides is 4. The Morgan fingerprint density at radius 1 is 1.05 bits per heavy atom. The van der Waals surface area contributed by atoms with Crippen LogP contribution in [-0.2, 0) is 4.79 Å². The van der Waals surface area contributed by atoms with Crippen LogP contribution in [0.4, 0.5) is 9.59 Å². The summed E-state index contributed by atoms with van der Waals surface area (Å²) >= 11 is 0. The number of urea groups is 2. The van der Waals surface area contributed by atoms with Crippen molar-refractivity contribution in [3.05, 3.63) is 0 Å². The maximum Gasteiger partial charge on any atom is 0.316 e. The highest BCUT2D eigenvalue weighted by atomic mass is 16.4. The maximum absolute atomic E-state index is 11.3. The molecule has 0 bridgehead atoms. The van der Waals surface area contributed by atoms with Crippen molar-refractivity contribution in [2.45, 2.75) is 19.8 Å². The van der Waals surface area contributed by atoms with Crippen LogP contribution in [0.2, 0.25) is 0 Å². The lowest BCUT2D eigenvalue weighted by Gasteiger charge is -2.12. The largest absolute Gasteiger partial charge is 0.481 e. The summed E-state index contributed by atoms with van der Waals surface area (Å²) < 4.78 is 0. The molecule has 4 N–H and O–H groups in total. The minimum Gasteiger partial charge on any atom is -0.481 e. The molecule has 0 heterocycles. The second-order valence-corrected chi connectivity index (χ2v) is 4.69. The van der Waals surface area contributed by atoms with Gasteiger partial charge in [-0.25, -0.2) is 9.59 Å². The quantitative estimate of drug-likeness (QED) is 0.473. The molecule has 0 aromatic carbocycles. The summed E-state index contributed by atoms with van der Waals surface area (Å²) in [4.78, 5) is 34.5. The van der Waals surface area contributed by atoms with Gasteiger partial charge in [0.05, 0.1) is 5.92 Å². The number of nitrogens with one attached hydrogen (secondary N) is 3. The number of nitrogens with zero attached hydrogens (tertiary/aromatic N) is 1. The first-order chi connectivity index (χ1) is 9.34.